The Labute approximate surface area is 212 Å². The van der Waals surface area contributed by atoms with Gasteiger partial charge in [0.15, 0.2) is 5.78 Å². The number of anilines is 1. The van der Waals surface area contributed by atoms with E-state index in [9.17, 15) is 15.3 Å². The molecule has 2 heterocycles. The van der Waals surface area contributed by atoms with Gasteiger partial charge in [0.1, 0.15) is 16.9 Å². The second-order valence-electron chi connectivity index (χ2n) is 10.0. The number of aryl methyl sites for hydroxylation is 1. The number of nitriles is 2. The van der Waals surface area contributed by atoms with E-state index in [1.165, 1.54) is 4.88 Å². The summed E-state index contributed by atoms with van der Waals surface area (Å²) < 4.78 is 0.928. The maximum absolute atomic E-state index is 13.7. The van der Waals surface area contributed by atoms with E-state index in [-0.39, 0.29) is 11.2 Å². The Bertz CT molecular complexity index is 1350. The van der Waals surface area contributed by atoms with Crippen LogP contribution in [0.1, 0.15) is 67.0 Å². The van der Waals surface area contributed by atoms with Crippen molar-refractivity contribution in [3.8, 4) is 12.1 Å². The summed E-state index contributed by atoms with van der Waals surface area (Å²) in [6.07, 6.45) is 5.07. The average Bonchev–Trinajstić information content (AvgIpc) is 3.16. The topological polar surface area (TPSA) is 93.9 Å². The van der Waals surface area contributed by atoms with Crippen molar-refractivity contribution < 1.29 is 4.79 Å². The molecule has 1 unspecified atom stereocenters. The second-order valence-corrected chi connectivity index (χ2v) is 12.0. The first-order valence-corrected chi connectivity index (χ1v) is 13.1. The summed E-state index contributed by atoms with van der Waals surface area (Å²) in [4.78, 5) is 16.8. The van der Waals surface area contributed by atoms with Crippen molar-refractivity contribution in [3.05, 3.63) is 73.0 Å². The van der Waals surface area contributed by atoms with E-state index in [1.54, 1.807) is 11.3 Å². The predicted molar refractivity (Wildman–Crippen MR) is 137 cm³/mol. The van der Waals surface area contributed by atoms with E-state index in [1.807, 2.05) is 29.2 Å². The fourth-order valence-electron chi connectivity index (χ4n) is 5.55. The lowest BCUT2D eigenvalue weighted by atomic mass is 9.68. The fraction of sp³-hybridized carbons (Fsp3) is 0.370. The van der Waals surface area contributed by atoms with Crippen LogP contribution in [0.2, 0.25) is 0 Å². The number of nitrogens with zero attached hydrogens (tertiary/aromatic N) is 3. The van der Waals surface area contributed by atoms with Gasteiger partial charge in [-0.3, -0.25) is 9.69 Å². The number of fused-ring (bicyclic) bond motifs is 1. The second kappa shape index (κ2) is 8.41. The van der Waals surface area contributed by atoms with Crippen LogP contribution < -0.4 is 10.6 Å². The van der Waals surface area contributed by atoms with Gasteiger partial charge in [0.25, 0.3) is 0 Å². The maximum Gasteiger partial charge on any atom is 0.162 e. The highest BCUT2D eigenvalue weighted by molar-refractivity contribution is 9.10. The lowest BCUT2D eigenvalue weighted by molar-refractivity contribution is -0.118. The number of ketones is 1. The van der Waals surface area contributed by atoms with Gasteiger partial charge < -0.3 is 5.73 Å². The van der Waals surface area contributed by atoms with Crippen LogP contribution in [0.5, 0.6) is 0 Å². The Balaban J connectivity index is 1.79. The highest BCUT2D eigenvalue weighted by atomic mass is 79.9. The lowest BCUT2D eigenvalue weighted by Crippen LogP contribution is -2.42. The molecule has 7 heteroatoms. The summed E-state index contributed by atoms with van der Waals surface area (Å²) in [6, 6.07) is 12.5. The van der Waals surface area contributed by atoms with Crippen molar-refractivity contribution in [1.82, 2.24) is 0 Å². The molecule has 2 aromatic rings. The number of carbonyl (C=O) groups is 1. The molecule has 0 radical (unpaired) electrons. The molecule has 3 aliphatic rings. The van der Waals surface area contributed by atoms with Crippen molar-refractivity contribution in [2.45, 2.75) is 58.3 Å². The summed E-state index contributed by atoms with van der Waals surface area (Å²) in [5.74, 6) is -0.132. The van der Waals surface area contributed by atoms with E-state index in [2.05, 4.69) is 41.9 Å². The number of rotatable bonds is 2. The molecule has 1 aromatic heterocycles. The van der Waals surface area contributed by atoms with Crippen LogP contribution in [0.25, 0.3) is 0 Å². The molecular weight excluding hydrogens is 508 g/mol. The molecule has 0 amide bonds. The van der Waals surface area contributed by atoms with Crippen LogP contribution in [-0.2, 0) is 17.6 Å². The number of hydrogen-bond donors (Lipinski definition) is 1. The van der Waals surface area contributed by atoms with E-state index in [0.717, 1.165) is 52.0 Å². The van der Waals surface area contributed by atoms with Gasteiger partial charge in [-0.15, -0.1) is 11.3 Å². The SMILES string of the molecule is CC1(C)CC(=O)C2=C(C1)N(c1sc3c(c1C#N)CCCC3)C(N)=C(C#N)C2c1ccc(Br)cc1. The van der Waals surface area contributed by atoms with Crippen molar-refractivity contribution in [2.24, 2.45) is 11.1 Å². The van der Waals surface area contributed by atoms with Crippen molar-refractivity contribution in [3.63, 3.8) is 0 Å². The molecular formula is C27H25BrN4OS. The number of nitrogens with two attached hydrogens (primary N) is 1. The van der Waals surface area contributed by atoms with Crippen molar-refractivity contribution in [2.75, 3.05) is 4.90 Å². The zero-order chi connectivity index (χ0) is 24.2. The van der Waals surface area contributed by atoms with E-state index in [4.69, 9.17) is 5.73 Å². The molecule has 1 atom stereocenters. The summed E-state index contributed by atoms with van der Waals surface area (Å²) >= 11 is 5.07. The summed E-state index contributed by atoms with van der Waals surface area (Å²) in [6.45, 7) is 4.18. The average molecular weight is 533 g/mol. The number of halogens is 1. The standard InChI is InChI=1S/C27H25BrN4OS/c1-27(2)11-20-24(21(33)12-27)23(15-7-9-16(28)10-8-15)19(14-30)25(31)32(20)26-18(13-29)17-5-3-4-6-22(17)34-26/h7-10,23H,3-6,11-12,31H2,1-2H3. The van der Waals surface area contributed by atoms with Crippen LogP contribution in [0.15, 0.2) is 51.4 Å². The van der Waals surface area contributed by atoms with Gasteiger partial charge in [0.2, 0.25) is 0 Å². The number of benzene rings is 1. The summed E-state index contributed by atoms with van der Waals surface area (Å²) in [7, 11) is 0. The van der Waals surface area contributed by atoms with Gasteiger partial charge in [-0.25, -0.2) is 0 Å². The molecule has 34 heavy (non-hydrogen) atoms. The Hall–Kier alpha value is -2.87. The van der Waals surface area contributed by atoms with E-state index in [0.29, 0.717) is 35.4 Å². The fourth-order valence-corrected chi connectivity index (χ4v) is 7.20. The highest BCUT2D eigenvalue weighted by Crippen LogP contribution is 2.52. The highest BCUT2D eigenvalue weighted by Gasteiger charge is 2.45. The molecule has 0 spiro atoms. The van der Waals surface area contributed by atoms with Gasteiger partial charge in [0, 0.05) is 27.0 Å². The molecule has 1 aromatic carbocycles. The van der Waals surface area contributed by atoms with Crippen molar-refractivity contribution >= 4 is 38.1 Å². The van der Waals surface area contributed by atoms with Crippen LogP contribution >= 0.6 is 27.3 Å². The first-order valence-electron chi connectivity index (χ1n) is 11.5. The summed E-state index contributed by atoms with van der Waals surface area (Å²) in [5.41, 5.74) is 11.0. The predicted octanol–water partition coefficient (Wildman–Crippen LogP) is 6.20. The zero-order valence-corrected chi connectivity index (χ0v) is 21.6. The normalized spacial score (nSPS) is 21.6. The molecule has 5 rings (SSSR count). The molecule has 0 fully saturated rings. The quantitative estimate of drug-likeness (QED) is 0.496. The largest absolute Gasteiger partial charge is 0.384 e. The smallest absolute Gasteiger partial charge is 0.162 e. The van der Waals surface area contributed by atoms with Gasteiger partial charge >= 0.3 is 0 Å². The minimum Gasteiger partial charge on any atom is -0.384 e. The lowest BCUT2D eigenvalue weighted by Gasteiger charge is -2.43. The van der Waals surface area contributed by atoms with Crippen LogP contribution in [0.3, 0.4) is 0 Å². The van der Waals surface area contributed by atoms with E-state index >= 15 is 0 Å². The first-order chi connectivity index (χ1) is 16.3. The molecule has 2 aliphatic carbocycles. The third-order valence-corrected chi connectivity index (χ3v) is 8.86. The Kier molecular flexibility index (Phi) is 5.67. The first kappa shape index (κ1) is 22.9. The molecule has 2 N–H and O–H groups in total. The molecule has 172 valence electrons. The Morgan fingerprint density at radius 3 is 2.50 bits per heavy atom. The van der Waals surface area contributed by atoms with Crippen molar-refractivity contribution in [1.29, 1.82) is 10.5 Å². The Morgan fingerprint density at radius 1 is 1.12 bits per heavy atom. The minimum absolute atomic E-state index is 0.0456. The Morgan fingerprint density at radius 2 is 1.82 bits per heavy atom. The zero-order valence-electron chi connectivity index (χ0n) is 19.2. The molecule has 0 saturated carbocycles. The van der Waals surface area contributed by atoms with Crippen LogP contribution in [-0.4, -0.2) is 5.78 Å². The molecule has 5 nitrogen and oxygen atoms in total. The maximum atomic E-state index is 13.7. The molecule has 0 saturated heterocycles. The number of thiophene rings is 1. The van der Waals surface area contributed by atoms with Gasteiger partial charge in [-0.05, 0) is 60.8 Å². The van der Waals surface area contributed by atoms with Gasteiger partial charge in [-0.1, -0.05) is 41.9 Å². The monoisotopic (exact) mass is 532 g/mol. The number of Topliss-reactive ketones (excluding diaryl/α,β-unsaturated/α-hetero) is 1. The third kappa shape index (κ3) is 3.59. The molecule has 0 bridgehead atoms. The van der Waals surface area contributed by atoms with Gasteiger partial charge in [0.05, 0.1) is 23.1 Å². The van der Waals surface area contributed by atoms with Gasteiger partial charge in [-0.2, -0.15) is 10.5 Å². The van der Waals surface area contributed by atoms with Crippen LogP contribution in [0.4, 0.5) is 5.00 Å². The number of allylic oxidation sites excluding steroid dienone is 3. The molecule has 1 aliphatic heterocycles. The number of hydrogen-bond acceptors (Lipinski definition) is 6. The summed E-state index contributed by atoms with van der Waals surface area (Å²) in [5, 5.41) is 21.1. The van der Waals surface area contributed by atoms with E-state index < -0.39 is 5.92 Å². The van der Waals surface area contributed by atoms with Crippen LogP contribution in [0, 0.1) is 28.1 Å². The number of carbonyl (C=O) groups excluding carboxylic acids is 1. The minimum atomic E-state index is -0.506. The third-order valence-electron chi connectivity index (χ3n) is 7.05.